The van der Waals surface area contributed by atoms with Gasteiger partial charge in [0.15, 0.2) is 5.13 Å². The largest absolute Gasteiger partial charge is 0.298 e. The fourth-order valence-electron chi connectivity index (χ4n) is 3.83. The first-order chi connectivity index (χ1) is 16.3. The lowest BCUT2D eigenvalue weighted by Gasteiger charge is -2.18. The first kappa shape index (κ1) is 22.4. The highest BCUT2D eigenvalue weighted by atomic mass is 32.1. The minimum Gasteiger partial charge on any atom is -0.298 e. The Balaban J connectivity index is 1.44. The van der Waals surface area contributed by atoms with Gasteiger partial charge in [-0.15, -0.1) is 22.7 Å². The first-order valence-corrected chi connectivity index (χ1v) is 12.8. The van der Waals surface area contributed by atoms with Crippen molar-refractivity contribution < 1.29 is 4.79 Å². The van der Waals surface area contributed by atoms with Gasteiger partial charge in [-0.25, -0.2) is 9.97 Å². The second-order valence-corrected chi connectivity index (χ2v) is 11.4. The molecule has 0 aliphatic heterocycles. The highest BCUT2D eigenvalue weighted by Crippen LogP contribution is 2.31. The molecule has 0 bridgehead atoms. The maximum absolute atomic E-state index is 13.3. The number of nitrogens with zero attached hydrogens (tertiary/aromatic N) is 2. The number of para-hydroxylation sites is 1. The number of benzene rings is 2. The van der Waals surface area contributed by atoms with Gasteiger partial charge in [0.2, 0.25) is 0 Å². The van der Waals surface area contributed by atoms with Crippen LogP contribution in [0.4, 0.5) is 5.13 Å². The third-order valence-corrected chi connectivity index (χ3v) is 7.51. The van der Waals surface area contributed by atoms with Crippen LogP contribution in [-0.2, 0) is 5.41 Å². The fraction of sp³-hybridized carbons (Fsp3) is 0.179. The molecule has 34 heavy (non-hydrogen) atoms. The Bertz CT molecular complexity index is 1490. The molecule has 0 radical (unpaired) electrons. The Labute approximate surface area is 207 Å². The summed E-state index contributed by atoms with van der Waals surface area (Å²) in [5, 5.41) is 6.39. The normalized spacial score (nSPS) is 11.6. The molecule has 0 spiro atoms. The zero-order valence-corrected chi connectivity index (χ0v) is 21.2. The Morgan fingerprint density at radius 2 is 1.68 bits per heavy atom. The Morgan fingerprint density at radius 3 is 2.38 bits per heavy atom. The van der Waals surface area contributed by atoms with E-state index in [1.807, 2.05) is 35.7 Å². The van der Waals surface area contributed by atoms with Gasteiger partial charge >= 0.3 is 0 Å². The van der Waals surface area contributed by atoms with Crippen molar-refractivity contribution in [2.75, 3.05) is 5.32 Å². The van der Waals surface area contributed by atoms with Gasteiger partial charge in [-0.05, 0) is 42.2 Å². The molecule has 170 valence electrons. The van der Waals surface area contributed by atoms with E-state index in [4.69, 9.17) is 4.98 Å². The van der Waals surface area contributed by atoms with Crippen LogP contribution in [0.15, 0.2) is 72.1 Å². The van der Waals surface area contributed by atoms with Crippen LogP contribution in [0.2, 0.25) is 0 Å². The number of fused-ring (bicyclic) bond motifs is 1. The monoisotopic (exact) mass is 483 g/mol. The van der Waals surface area contributed by atoms with Crippen molar-refractivity contribution in [3.05, 3.63) is 88.1 Å². The number of carbonyl (C=O) groups excluding carboxylic acids is 1. The number of rotatable bonds is 4. The average molecular weight is 484 g/mol. The van der Waals surface area contributed by atoms with Gasteiger partial charge in [0.25, 0.3) is 5.91 Å². The smallest absolute Gasteiger partial charge is 0.258 e. The topological polar surface area (TPSA) is 54.9 Å². The van der Waals surface area contributed by atoms with E-state index in [0.29, 0.717) is 10.7 Å². The summed E-state index contributed by atoms with van der Waals surface area (Å²) < 4.78 is 0. The van der Waals surface area contributed by atoms with E-state index in [1.54, 1.807) is 11.3 Å². The number of anilines is 1. The van der Waals surface area contributed by atoms with E-state index in [1.165, 1.54) is 21.8 Å². The van der Waals surface area contributed by atoms with Crippen LogP contribution in [0.3, 0.4) is 0 Å². The average Bonchev–Trinajstić information content (AvgIpc) is 3.47. The summed E-state index contributed by atoms with van der Waals surface area (Å²) in [5.74, 6) is -0.183. The molecule has 5 rings (SSSR count). The third-order valence-electron chi connectivity index (χ3n) is 5.72. The molecular formula is C28H25N3OS2. The van der Waals surface area contributed by atoms with Crippen LogP contribution in [0.1, 0.15) is 41.6 Å². The molecule has 1 amide bonds. The van der Waals surface area contributed by atoms with Gasteiger partial charge in [-0.1, -0.05) is 63.2 Å². The van der Waals surface area contributed by atoms with E-state index in [0.717, 1.165) is 32.7 Å². The fourth-order valence-corrected chi connectivity index (χ4v) is 5.37. The minimum atomic E-state index is -0.183. The molecule has 5 aromatic rings. The number of hydrogen-bond donors (Lipinski definition) is 1. The van der Waals surface area contributed by atoms with Crippen molar-refractivity contribution in [2.45, 2.75) is 33.1 Å². The second-order valence-electron chi connectivity index (χ2n) is 9.30. The number of hydrogen-bond acceptors (Lipinski definition) is 5. The number of aromatic nitrogens is 2. The molecule has 0 aliphatic carbocycles. The lowest BCUT2D eigenvalue weighted by atomic mass is 9.86. The molecule has 0 saturated heterocycles. The Kier molecular flexibility index (Phi) is 5.80. The molecule has 1 N–H and O–H groups in total. The van der Waals surface area contributed by atoms with Crippen molar-refractivity contribution in [3.8, 4) is 21.8 Å². The number of amides is 1. The molecule has 0 saturated carbocycles. The summed E-state index contributed by atoms with van der Waals surface area (Å²) in [6.07, 6.45) is 0. The maximum Gasteiger partial charge on any atom is 0.258 e. The summed E-state index contributed by atoms with van der Waals surface area (Å²) in [6, 6.07) is 22.2. The molecule has 0 aliphatic rings. The van der Waals surface area contributed by atoms with Crippen molar-refractivity contribution in [1.29, 1.82) is 0 Å². The number of carbonyl (C=O) groups is 1. The van der Waals surface area contributed by atoms with Crippen molar-refractivity contribution in [2.24, 2.45) is 0 Å². The van der Waals surface area contributed by atoms with Gasteiger partial charge in [-0.3, -0.25) is 10.1 Å². The molecular weight excluding hydrogens is 458 g/mol. The van der Waals surface area contributed by atoms with E-state index in [2.05, 4.69) is 74.4 Å². The highest BCUT2D eigenvalue weighted by Gasteiger charge is 2.17. The number of nitrogens with one attached hydrogen (secondary N) is 1. The van der Waals surface area contributed by atoms with Gasteiger partial charge < -0.3 is 0 Å². The van der Waals surface area contributed by atoms with Crippen molar-refractivity contribution in [3.63, 3.8) is 0 Å². The number of thiophene rings is 1. The molecule has 3 heterocycles. The van der Waals surface area contributed by atoms with Crippen molar-refractivity contribution in [1.82, 2.24) is 9.97 Å². The molecule has 6 heteroatoms. The van der Waals surface area contributed by atoms with Crippen LogP contribution < -0.4 is 5.32 Å². The summed E-state index contributed by atoms with van der Waals surface area (Å²) in [6.45, 7) is 8.67. The second kappa shape index (κ2) is 8.78. The van der Waals surface area contributed by atoms with Crippen LogP contribution >= 0.6 is 22.7 Å². The van der Waals surface area contributed by atoms with Crippen LogP contribution in [-0.4, -0.2) is 15.9 Å². The number of aryl methyl sites for hydroxylation is 1. The maximum atomic E-state index is 13.3. The first-order valence-electron chi connectivity index (χ1n) is 11.1. The van der Waals surface area contributed by atoms with E-state index < -0.39 is 0 Å². The molecule has 0 unspecified atom stereocenters. The van der Waals surface area contributed by atoms with E-state index >= 15 is 0 Å². The van der Waals surface area contributed by atoms with Gasteiger partial charge in [0.05, 0.1) is 27.3 Å². The lowest BCUT2D eigenvalue weighted by molar-refractivity contribution is 0.102. The summed E-state index contributed by atoms with van der Waals surface area (Å²) in [4.78, 5) is 25.1. The van der Waals surface area contributed by atoms with Gasteiger partial charge in [0.1, 0.15) is 0 Å². The predicted molar refractivity (Wildman–Crippen MR) is 144 cm³/mol. The SMILES string of the molecule is Cc1ccc(-c2cc(C(=O)Nc3nc(-c4ccc(C(C)(C)C)cc4)cs3)c3ccccc3n2)s1. The van der Waals surface area contributed by atoms with Crippen LogP contribution in [0, 0.1) is 6.92 Å². The summed E-state index contributed by atoms with van der Waals surface area (Å²) >= 11 is 3.10. The molecule has 2 aromatic carbocycles. The standard InChI is InChI=1S/C28H25N3OS2/c1-17-9-14-25(34-17)23-15-21(20-7-5-6-8-22(20)29-23)26(32)31-27-30-24(16-33-27)18-10-12-19(13-11-18)28(2,3)4/h5-16H,1-4H3,(H,30,31,32). The molecule has 4 nitrogen and oxygen atoms in total. The van der Waals surface area contributed by atoms with Gasteiger partial charge in [0, 0.05) is 21.2 Å². The van der Waals surface area contributed by atoms with E-state index in [9.17, 15) is 4.79 Å². The zero-order chi connectivity index (χ0) is 23.9. The van der Waals surface area contributed by atoms with Crippen molar-refractivity contribution >= 4 is 44.6 Å². The van der Waals surface area contributed by atoms with Gasteiger partial charge in [-0.2, -0.15) is 0 Å². The highest BCUT2D eigenvalue weighted by molar-refractivity contribution is 7.15. The van der Waals surface area contributed by atoms with Crippen LogP contribution in [0.5, 0.6) is 0 Å². The lowest BCUT2D eigenvalue weighted by Crippen LogP contribution is -2.13. The van der Waals surface area contributed by atoms with Crippen LogP contribution in [0.25, 0.3) is 32.7 Å². The Morgan fingerprint density at radius 1 is 0.912 bits per heavy atom. The predicted octanol–water partition coefficient (Wildman–Crippen LogP) is 7.95. The molecule has 0 fully saturated rings. The Hall–Kier alpha value is -3.35. The quantitative estimate of drug-likeness (QED) is 0.282. The number of thiazole rings is 1. The molecule has 3 aromatic heterocycles. The minimum absolute atomic E-state index is 0.105. The number of pyridine rings is 1. The third kappa shape index (κ3) is 4.52. The molecule has 0 atom stereocenters. The van der Waals surface area contributed by atoms with E-state index in [-0.39, 0.29) is 11.3 Å². The summed E-state index contributed by atoms with van der Waals surface area (Å²) in [5.41, 5.74) is 5.48. The summed E-state index contributed by atoms with van der Waals surface area (Å²) in [7, 11) is 0. The zero-order valence-electron chi connectivity index (χ0n) is 19.5.